The predicted octanol–water partition coefficient (Wildman–Crippen LogP) is 3.73. The Labute approximate surface area is 297 Å². The first kappa shape index (κ1) is 48.2. The van der Waals surface area contributed by atoms with E-state index in [0.29, 0.717) is 139 Å². The second-order valence-electron chi connectivity index (χ2n) is 13.4. The van der Waals surface area contributed by atoms with Crippen LogP contribution in [0.3, 0.4) is 0 Å². The summed E-state index contributed by atoms with van der Waals surface area (Å²) in [5.74, 6) is 0.208. The van der Waals surface area contributed by atoms with Crippen molar-refractivity contribution in [3.8, 4) is 0 Å². The lowest BCUT2D eigenvalue weighted by Gasteiger charge is -2.20. The Kier molecular flexibility index (Phi) is 35.0. The number of ketones is 1. The summed E-state index contributed by atoms with van der Waals surface area (Å²) in [6.07, 6.45) is 3.51. The number of nitrogens with one attached hydrogen (secondary N) is 1. The zero-order valence-corrected chi connectivity index (χ0v) is 32.0. The molecule has 0 aromatic heterocycles. The van der Waals surface area contributed by atoms with Gasteiger partial charge in [0.05, 0.1) is 132 Å². The summed E-state index contributed by atoms with van der Waals surface area (Å²) in [6.45, 7) is 25.3. The normalized spacial score (nSPS) is 12.3. The molecule has 0 fully saturated rings. The molecule has 0 amide bonds. The lowest BCUT2D eigenvalue weighted by atomic mass is 9.89. The fourth-order valence-electron chi connectivity index (χ4n) is 3.81. The van der Waals surface area contributed by atoms with Crippen molar-refractivity contribution in [1.29, 1.82) is 0 Å². The highest BCUT2D eigenvalue weighted by Gasteiger charge is 2.20. The SMILES string of the molecule is CC(C)(C)NCCOCCOCCOCCOCCOCCOCCCCCOCCOCCOCCOCCOCCC(=O)C(C)(C)C. The van der Waals surface area contributed by atoms with Crippen molar-refractivity contribution in [2.75, 3.05) is 152 Å². The van der Waals surface area contributed by atoms with Gasteiger partial charge in [0.25, 0.3) is 0 Å². The maximum atomic E-state index is 11.8. The molecular formula is C36H73NO12. The molecule has 0 aliphatic heterocycles. The average molecular weight is 712 g/mol. The minimum atomic E-state index is -0.309. The molecule has 0 unspecified atom stereocenters. The van der Waals surface area contributed by atoms with Crippen LogP contribution < -0.4 is 5.32 Å². The van der Waals surface area contributed by atoms with Crippen LogP contribution in [-0.4, -0.2) is 163 Å². The van der Waals surface area contributed by atoms with Crippen LogP contribution in [0.1, 0.15) is 67.2 Å². The third kappa shape index (κ3) is 41.5. The number of carbonyl (C=O) groups is 1. The van der Waals surface area contributed by atoms with Crippen molar-refractivity contribution >= 4 is 5.78 Å². The van der Waals surface area contributed by atoms with Crippen LogP contribution in [0.4, 0.5) is 0 Å². The van der Waals surface area contributed by atoms with Gasteiger partial charge in [0.2, 0.25) is 0 Å². The van der Waals surface area contributed by atoms with Crippen LogP contribution >= 0.6 is 0 Å². The summed E-state index contributed by atoms with van der Waals surface area (Å²) < 4.78 is 60.7. The van der Waals surface area contributed by atoms with Gasteiger partial charge in [0.1, 0.15) is 5.78 Å². The molecule has 294 valence electrons. The van der Waals surface area contributed by atoms with Gasteiger partial charge in [0, 0.05) is 37.1 Å². The fraction of sp³-hybridized carbons (Fsp3) is 0.972. The highest BCUT2D eigenvalue weighted by Crippen LogP contribution is 2.16. The van der Waals surface area contributed by atoms with E-state index >= 15 is 0 Å². The third-order valence-electron chi connectivity index (χ3n) is 6.64. The molecule has 0 aliphatic rings. The summed E-state index contributed by atoms with van der Waals surface area (Å²) in [7, 11) is 0. The van der Waals surface area contributed by atoms with Gasteiger partial charge in [-0.25, -0.2) is 0 Å². The Hall–Kier alpha value is -0.810. The minimum Gasteiger partial charge on any atom is -0.379 e. The number of unbranched alkanes of at least 4 members (excludes halogenated alkanes) is 2. The Morgan fingerprint density at radius 3 is 0.918 bits per heavy atom. The number of hydrogen-bond donors (Lipinski definition) is 1. The topological polar surface area (TPSA) is 131 Å². The first-order chi connectivity index (χ1) is 23.6. The molecular weight excluding hydrogens is 638 g/mol. The van der Waals surface area contributed by atoms with E-state index in [1.165, 1.54) is 0 Å². The van der Waals surface area contributed by atoms with Crippen molar-refractivity contribution < 1.29 is 56.9 Å². The van der Waals surface area contributed by atoms with Crippen LogP contribution in [0.5, 0.6) is 0 Å². The molecule has 0 heterocycles. The number of hydrogen-bond acceptors (Lipinski definition) is 13. The standard InChI is InChI=1S/C36H73NO12/c1-35(2,3)34(38)10-14-41-18-22-45-26-30-47-28-24-43-20-16-39-12-8-7-9-13-40-17-21-44-25-29-48-32-33-49-31-27-46-23-19-42-15-11-37-36(4,5)6/h37H,7-33H2,1-6H3. The predicted molar refractivity (Wildman–Crippen MR) is 190 cm³/mol. The van der Waals surface area contributed by atoms with Crippen LogP contribution in [0.2, 0.25) is 0 Å². The highest BCUT2D eigenvalue weighted by molar-refractivity contribution is 5.83. The molecule has 0 radical (unpaired) electrons. The molecule has 49 heavy (non-hydrogen) atoms. The lowest BCUT2D eigenvalue weighted by molar-refractivity contribution is -0.127. The lowest BCUT2D eigenvalue weighted by Crippen LogP contribution is -2.38. The van der Waals surface area contributed by atoms with Crippen molar-refractivity contribution in [3.63, 3.8) is 0 Å². The van der Waals surface area contributed by atoms with E-state index in [1.807, 2.05) is 20.8 Å². The smallest absolute Gasteiger partial charge is 0.140 e. The summed E-state index contributed by atoms with van der Waals surface area (Å²) in [5.41, 5.74) is -0.192. The summed E-state index contributed by atoms with van der Waals surface area (Å²) in [6, 6.07) is 0. The minimum absolute atomic E-state index is 0.118. The largest absolute Gasteiger partial charge is 0.379 e. The number of ether oxygens (including phenoxy) is 11. The molecule has 1 N–H and O–H groups in total. The maximum absolute atomic E-state index is 11.8. The molecule has 0 aromatic rings. The Bertz CT molecular complexity index is 688. The van der Waals surface area contributed by atoms with E-state index in [2.05, 4.69) is 26.1 Å². The van der Waals surface area contributed by atoms with E-state index in [4.69, 9.17) is 52.1 Å². The van der Waals surface area contributed by atoms with Gasteiger partial charge in [0.15, 0.2) is 0 Å². The molecule has 13 heteroatoms. The number of rotatable bonds is 39. The second-order valence-corrected chi connectivity index (χ2v) is 13.4. The summed E-state index contributed by atoms with van der Waals surface area (Å²) in [4.78, 5) is 11.8. The first-order valence-electron chi connectivity index (χ1n) is 18.3. The van der Waals surface area contributed by atoms with E-state index in [0.717, 1.165) is 39.0 Å². The number of Topliss-reactive ketones (excluding diaryl/α,β-unsaturated/α-hetero) is 1. The van der Waals surface area contributed by atoms with E-state index in [1.54, 1.807) is 0 Å². The zero-order valence-electron chi connectivity index (χ0n) is 32.0. The van der Waals surface area contributed by atoms with Gasteiger partial charge < -0.3 is 57.4 Å². The monoisotopic (exact) mass is 712 g/mol. The fourth-order valence-corrected chi connectivity index (χ4v) is 3.81. The molecule has 0 bridgehead atoms. The quantitative estimate of drug-likeness (QED) is 0.0931. The third-order valence-corrected chi connectivity index (χ3v) is 6.64. The van der Waals surface area contributed by atoms with Gasteiger partial charge in [-0.1, -0.05) is 20.8 Å². The Morgan fingerprint density at radius 1 is 0.367 bits per heavy atom. The molecule has 0 rings (SSSR count). The average Bonchev–Trinajstić information content (AvgIpc) is 3.04. The van der Waals surface area contributed by atoms with Crippen molar-refractivity contribution in [2.45, 2.75) is 72.8 Å². The van der Waals surface area contributed by atoms with Gasteiger partial charge >= 0.3 is 0 Å². The van der Waals surface area contributed by atoms with Crippen LogP contribution in [0, 0.1) is 5.41 Å². The molecule has 13 nitrogen and oxygen atoms in total. The zero-order chi connectivity index (χ0) is 36.2. The van der Waals surface area contributed by atoms with Gasteiger partial charge in [-0.2, -0.15) is 0 Å². The number of carbonyl (C=O) groups excluding carboxylic acids is 1. The van der Waals surface area contributed by atoms with Crippen molar-refractivity contribution in [2.24, 2.45) is 5.41 Å². The molecule has 0 saturated heterocycles. The first-order valence-corrected chi connectivity index (χ1v) is 18.3. The van der Waals surface area contributed by atoms with Crippen LogP contribution in [-0.2, 0) is 56.9 Å². The maximum Gasteiger partial charge on any atom is 0.140 e. The second kappa shape index (κ2) is 35.6. The van der Waals surface area contributed by atoms with Gasteiger partial charge in [-0.3, -0.25) is 4.79 Å². The van der Waals surface area contributed by atoms with Gasteiger partial charge in [-0.05, 0) is 40.0 Å². The van der Waals surface area contributed by atoms with Crippen LogP contribution in [0.25, 0.3) is 0 Å². The van der Waals surface area contributed by atoms with E-state index in [9.17, 15) is 4.79 Å². The molecule has 0 saturated carbocycles. The molecule has 0 aliphatic carbocycles. The van der Waals surface area contributed by atoms with Crippen LogP contribution in [0.15, 0.2) is 0 Å². The highest BCUT2D eigenvalue weighted by atomic mass is 16.6. The molecule has 0 spiro atoms. The van der Waals surface area contributed by atoms with Crippen molar-refractivity contribution in [3.05, 3.63) is 0 Å². The summed E-state index contributed by atoms with van der Waals surface area (Å²) in [5, 5.41) is 3.38. The molecule has 0 aromatic carbocycles. The van der Waals surface area contributed by atoms with Gasteiger partial charge in [-0.15, -0.1) is 0 Å². The summed E-state index contributed by atoms with van der Waals surface area (Å²) >= 11 is 0. The Balaban J connectivity index is 3.10. The van der Waals surface area contributed by atoms with Crippen molar-refractivity contribution in [1.82, 2.24) is 5.32 Å². The molecule has 0 atom stereocenters. The van der Waals surface area contributed by atoms with E-state index < -0.39 is 0 Å². The van der Waals surface area contributed by atoms with E-state index in [-0.39, 0.29) is 16.7 Å². The Morgan fingerprint density at radius 2 is 0.633 bits per heavy atom.